The van der Waals surface area contributed by atoms with Crippen molar-refractivity contribution in [1.82, 2.24) is 4.57 Å². The molecule has 2 aromatic rings. The van der Waals surface area contributed by atoms with E-state index < -0.39 is 0 Å². The Hall–Kier alpha value is -1.74. The number of hydrogen-bond acceptors (Lipinski definition) is 2. The number of aliphatic hydroxyl groups is 1. The highest BCUT2D eigenvalue weighted by Gasteiger charge is 2.02. The van der Waals surface area contributed by atoms with E-state index in [1.54, 1.807) is 0 Å². The van der Waals surface area contributed by atoms with Gasteiger partial charge in [-0.3, -0.25) is 0 Å². The number of benzene rings is 1. The molecular formula is C15H20N2O. The Labute approximate surface area is 108 Å². The lowest BCUT2D eigenvalue weighted by atomic mass is 10.3. The fraction of sp³-hybridized carbons (Fsp3) is 0.333. The molecule has 0 bridgehead atoms. The van der Waals surface area contributed by atoms with E-state index in [2.05, 4.69) is 41.3 Å². The van der Waals surface area contributed by atoms with E-state index in [1.807, 2.05) is 18.2 Å². The smallest absolute Gasteiger partial charge is 0.0593 e. The highest BCUT2D eigenvalue weighted by molar-refractivity contribution is 5.62. The summed E-state index contributed by atoms with van der Waals surface area (Å²) in [5.41, 5.74) is 3.49. The molecular weight excluding hydrogens is 224 g/mol. The van der Waals surface area contributed by atoms with Gasteiger partial charge in [-0.1, -0.05) is 18.2 Å². The number of nitrogens with one attached hydrogen (secondary N) is 1. The van der Waals surface area contributed by atoms with Crippen LogP contribution in [0.4, 0.5) is 11.4 Å². The normalized spacial score (nSPS) is 10.6. The van der Waals surface area contributed by atoms with E-state index in [-0.39, 0.29) is 6.61 Å². The second kappa shape index (κ2) is 6.26. The molecule has 1 aromatic heterocycles. The molecule has 0 fully saturated rings. The second-order valence-electron chi connectivity index (χ2n) is 4.51. The third kappa shape index (κ3) is 3.37. The molecule has 1 aromatic carbocycles. The van der Waals surface area contributed by atoms with E-state index in [4.69, 9.17) is 5.11 Å². The molecule has 0 radical (unpaired) electrons. The predicted octanol–water partition coefficient (Wildman–Crippen LogP) is 3.31. The molecule has 0 aliphatic carbocycles. The predicted molar refractivity (Wildman–Crippen MR) is 75.2 cm³/mol. The van der Waals surface area contributed by atoms with Crippen LogP contribution in [0.2, 0.25) is 0 Å². The lowest BCUT2D eigenvalue weighted by molar-refractivity contribution is 0.281. The summed E-state index contributed by atoms with van der Waals surface area (Å²) in [7, 11) is 0. The first-order chi connectivity index (χ1) is 8.79. The lowest BCUT2D eigenvalue weighted by Gasteiger charge is -2.04. The SMILES string of the molecule is Cc1cn(CCCCO)cc1Nc1ccccc1. The maximum Gasteiger partial charge on any atom is 0.0593 e. The van der Waals surface area contributed by atoms with E-state index in [0.29, 0.717) is 0 Å². The Morgan fingerprint density at radius 1 is 1.11 bits per heavy atom. The fourth-order valence-corrected chi connectivity index (χ4v) is 1.97. The summed E-state index contributed by atoms with van der Waals surface area (Å²) in [4.78, 5) is 0. The molecule has 3 heteroatoms. The van der Waals surface area contributed by atoms with E-state index in [1.165, 1.54) is 5.56 Å². The van der Waals surface area contributed by atoms with E-state index in [9.17, 15) is 0 Å². The number of hydrogen-bond donors (Lipinski definition) is 2. The van der Waals surface area contributed by atoms with Crippen LogP contribution < -0.4 is 5.32 Å². The summed E-state index contributed by atoms with van der Waals surface area (Å²) in [5.74, 6) is 0. The van der Waals surface area contributed by atoms with Gasteiger partial charge in [0.2, 0.25) is 0 Å². The Morgan fingerprint density at radius 3 is 2.61 bits per heavy atom. The Kier molecular flexibility index (Phi) is 4.42. The molecule has 0 saturated heterocycles. The molecule has 18 heavy (non-hydrogen) atoms. The first-order valence-corrected chi connectivity index (χ1v) is 6.39. The Balaban J connectivity index is 2.01. The summed E-state index contributed by atoms with van der Waals surface area (Å²) in [6.07, 6.45) is 6.14. The van der Waals surface area contributed by atoms with Crippen molar-refractivity contribution in [2.75, 3.05) is 11.9 Å². The topological polar surface area (TPSA) is 37.2 Å². The molecule has 0 spiro atoms. The van der Waals surface area contributed by atoms with E-state index >= 15 is 0 Å². The van der Waals surface area contributed by atoms with Crippen LogP contribution in [0.1, 0.15) is 18.4 Å². The second-order valence-corrected chi connectivity index (χ2v) is 4.51. The van der Waals surface area contributed by atoms with Crippen molar-refractivity contribution >= 4 is 11.4 Å². The third-order valence-electron chi connectivity index (χ3n) is 2.96. The van der Waals surface area contributed by atoms with Crippen molar-refractivity contribution in [2.24, 2.45) is 0 Å². The molecule has 0 unspecified atom stereocenters. The number of unbranched alkanes of at least 4 members (excludes halogenated alkanes) is 1. The van der Waals surface area contributed by atoms with Crippen LogP contribution in [0.25, 0.3) is 0 Å². The molecule has 0 saturated carbocycles. The van der Waals surface area contributed by atoms with Gasteiger partial charge in [0.05, 0.1) is 5.69 Å². The van der Waals surface area contributed by atoms with Crippen molar-refractivity contribution in [2.45, 2.75) is 26.3 Å². The van der Waals surface area contributed by atoms with Crippen LogP contribution >= 0.6 is 0 Å². The summed E-state index contributed by atoms with van der Waals surface area (Å²) in [6.45, 7) is 3.33. The largest absolute Gasteiger partial charge is 0.396 e. The molecule has 0 aliphatic rings. The van der Waals surface area contributed by atoms with Crippen molar-refractivity contribution in [3.8, 4) is 0 Å². The zero-order valence-corrected chi connectivity index (χ0v) is 10.8. The molecule has 3 nitrogen and oxygen atoms in total. The molecule has 2 rings (SSSR count). The first-order valence-electron chi connectivity index (χ1n) is 6.39. The lowest BCUT2D eigenvalue weighted by Crippen LogP contribution is -1.95. The maximum absolute atomic E-state index is 8.78. The minimum atomic E-state index is 0.273. The van der Waals surface area contributed by atoms with Gasteiger partial charge in [0.25, 0.3) is 0 Å². The van der Waals surface area contributed by atoms with Crippen LogP contribution in [-0.2, 0) is 6.54 Å². The summed E-state index contributed by atoms with van der Waals surface area (Å²) in [5, 5.41) is 12.2. The van der Waals surface area contributed by atoms with Gasteiger partial charge in [-0.25, -0.2) is 0 Å². The zero-order valence-electron chi connectivity index (χ0n) is 10.8. The summed E-state index contributed by atoms with van der Waals surface area (Å²) < 4.78 is 2.18. The maximum atomic E-state index is 8.78. The zero-order chi connectivity index (χ0) is 12.8. The highest BCUT2D eigenvalue weighted by atomic mass is 16.2. The Morgan fingerprint density at radius 2 is 1.89 bits per heavy atom. The standard InChI is InChI=1S/C15H20N2O/c1-13-11-17(9-5-6-10-18)12-15(13)16-14-7-3-2-4-8-14/h2-4,7-8,11-12,16,18H,5-6,9-10H2,1H3. The van der Waals surface area contributed by atoms with Gasteiger partial charge in [-0.2, -0.15) is 0 Å². The van der Waals surface area contributed by atoms with Gasteiger partial charge in [0.1, 0.15) is 0 Å². The molecule has 0 amide bonds. The quantitative estimate of drug-likeness (QED) is 0.765. The minimum absolute atomic E-state index is 0.273. The van der Waals surface area contributed by atoms with Crippen LogP contribution in [-0.4, -0.2) is 16.3 Å². The van der Waals surface area contributed by atoms with Gasteiger partial charge in [0, 0.05) is 31.2 Å². The number of aromatic nitrogens is 1. The monoisotopic (exact) mass is 244 g/mol. The minimum Gasteiger partial charge on any atom is -0.396 e. The van der Waals surface area contributed by atoms with Crippen molar-refractivity contribution in [3.63, 3.8) is 0 Å². The van der Waals surface area contributed by atoms with Crippen LogP contribution in [0, 0.1) is 6.92 Å². The number of aliphatic hydroxyl groups excluding tert-OH is 1. The summed E-state index contributed by atoms with van der Waals surface area (Å²) in [6, 6.07) is 10.2. The van der Waals surface area contributed by atoms with Crippen molar-refractivity contribution in [3.05, 3.63) is 48.3 Å². The Bertz CT molecular complexity index is 476. The average Bonchev–Trinajstić information content (AvgIpc) is 2.72. The van der Waals surface area contributed by atoms with Gasteiger partial charge in [0.15, 0.2) is 0 Å². The van der Waals surface area contributed by atoms with Gasteiger partial charge < -0.3 is 15.0 Å². The first kappa shape index (κ1) is 12.7. The number of para-hydroxylation sites is 1. The number of aryl methyl sites for hydroxylation is 2. The number of nitrogens with zero attached hydrogens (tertiary/aromatic N) is 1. The van der Waals surface area contributed by atoms with Gasteiger partial charge in [-0.15, -0.1) is 0 Å². The van der Waals surface area contributed by atoms with Crippen LogP contribution in [0.5, 0.6) is 0 Å². The highest BCUT2D eigenvalue weighted by Crippen LogP contribution is 2.21. The molecule has 0 atom stereocenters. The summed E-state index contributed by atoms with van der Waals surface area (Å²) >= 11 is 0. The molecule has 96 valence electrons. The van der Waals surface area contributed by atoms with Crippen LogP contribution in [0.3, 0.4) is 0 Å². The van der Waals surface area contributed by atoms with Crippen LogP contribution in [0.15, 0.2) is 42.7 Å². The molecule has 2 N–H and O–H groups in total. The van der Waals surface area contributed by atoms with Crippen molar-refractivity contribution in [1.29, 1.82) is 0 Å². The van der Waals surface area contributed by atoms with Gasteiger partial charge in [-0.05, 0) is 37.5 Å². The number of anilines is 2. The van der Waals surface area contributed by atoms with Crippen molar-refractivity contribution < 1.29 is 5.11 Å². The number of rotatable bonds is 6. The fourth-order valence-electron chi connectivity index (χ4n) is 1.97. The van der Waals surface area contributed by atoms with Gasteiger partial charge >= 0.3 is 0 Å². The molecule has 1 heterocycles. The molecule has 0 aliphatic heterocycles. The van der Waals surface area contributed by atoms with E-state index in [0.717, 1.165) is 30.8 Å². The average molecular weight is 244 g/mol. The third-order valence-corrected chi connectivity index (χ3v) is 2.96.